The van der Waals surface area contributed by atoms with Gasteiger partial charge in [-0.3, -0.25) is 9.78 Å². The third-order valence-corrected chi connectivity index (χ3v) is 8.35. The zero-order chi connectivity index (χ0) is 20.6. The van der Waals surface area contributed by atoms with Crippen molar-refractivity contribution in [3.8, 4) is 0 Å². The lowest BCUT2D eigenvalue weighted by Gasteiger charge is -2.42. The molecule has 2 aromatic rings. The maximum absolute atomic E-state index is 13.0. The van der Waals surface area contributed by atoms with Gasteiger partial charge in [-0.25, -0.2) is 12.7 Å². The molecule has 9 heteroatoms. The molecule has 0 N–H and O–H groups in total. The van der Waals surface area contributed by atoms with Crippen LogP contribution in [0.2, 0.25) is 0 Å². The van der Waals surface area contributed by atoms with E-state index < -0.39 is 15.3 Å². The Hall–Kier alpha value is -2.26. The number of amides is 1. The van der Waals surface area contributed by atoms with E-state index in [1.54, 1.807) is 35.4 Å². The van der Waals surface area contributed by atoms with E-state index in [4.69, 9.17) is 4.52 Å². The molecular weight excluding hydrogens is 392 g/mol. The smallest absolute Gasteiger partial charge is 0.227 e. The number of rotatable bonds is 5. The van der Waals surface area contributed by atoms with Gasteiger partial charge in [0.2, 0.25) is 15.9 Å². The molecule has 0 saturated carbocycles. The fraction of sp³-hybridized carbons (Fsp3) is 0.550. The number of sulfonamides is 1. The lowest BCUT2D eigenvalue weighted by molar-refractivity contribution is -0.133. The van der Waals surface area contributed by atoms with Gasteiger partial charge in [0.1, 0.15) is 11.0 Å². The molecule has 29 heavy (non-hydrogen) atoms. The van der Waals surface area contributed by atoms with Gasteiger partial charge in [0.05, 0.1) is 12.1 Å². The molecule has 2 aliphatic heterocycles. The molecule has 156 valence electrons. The summed E-state index contributed by atoms with van der Waals surface area (Å²) in [6, 6.07) is 4.01. The fourth-order valence-electron chi connectivity index (χ4n) is 4.14. The van der Waals surface area contributed by atoms with Crippen LogP contribution >= 0.6 is 0 Å². The first-order valence-corrected chi connectivity index (χ1v) is 11.4. The quantitative estimate of drug-likeness (QED) is 0.733. The van der Waals surface area contributed by atoms with Gasteiger partial charge in [0.25, 0.3) is 0 Å². The molecule has 0 bridgehead atoms. The largest absolute Gasteiger partial charge is 0.361 e. The summed E-state index contributed by atoms with van der Waals surface area (Å²) in [5.74, 6) is 0.929. The minimum Gasteiger partial charge on any atom is -0.361 e. The summed E-state index contributed by atoms with van der Waals surface area (Å²) in [6.07, 6.45) is 5.38. The highest BCUT2D eigenvalue weighted by atomic mass is 32.2. The fourth-order valence-corrected chi connectivity index (χ4v) is 6.02. The Bertz CT molecular complexity index is 956. The van der Waals surface area contributed by atoms with Crippen LogP contribution in [0.3, 0.4) is 0 Å². The zero-order valence-corrected chi connectivity index (χ0v) is 17.6. The Labute approximate surface area is 170 Å². The zero-order valence-electron chi connectivity index (χ0n) is 16.7. The van der Waals surface area contributed by atoms with Gasteiger partial charge in [0, 0.05) is 44.1 Å². The van der Waals surface area contributed by atoms with Crippen molar-refractivity contribution in [3.63, 3.8) is 0 Å². The van der Waals surface area contributed by atoms with E-state index in [9.17, 15) is 13.2 Å². The normalized spacial score (nSPS) is 19.3. The van der Waals surface area contributed by atoms with E-state index in [2.05, 4.69) is 10.1 Å². The number of carbonyl (C=O) groups excluding carboxylic acids is 1. The average molecular weight is 419 g/mol. The van der Waals surface area contributed by atoms with Crippen LogP contribution in [0.5, 0.6) is 0 Å². The van der Waals surface area contributed by atoms with E-state index >= 15 is 0 Å². The van der Waals surface area contributed by atoms with Crippen molar-refractivity contribution < 1.29 is 17.7 Å². The molecule has 0 atom stereocenters. The van der Waals surface area contributed by atoms with Crippen LogP contribution in [0.15, 0.2) is 29.0 Å². The molecule has 0 radical (unpaired) electrons. The number of carbonyl (C=O) groups is 1. The van der Waals surface area contributed by atoms with E-state index in [0.29, 0.717) is 30.5 Å². The summed E-state index contributed by atoms with van der Waals surface area (Å²) < 4.78 is 32.6. The summed E-state index contributed by atoms with van der Waals surface area (Å²) in [4.78, 5) is 18.1. The second kappa shape index (κ2) is 7.87. The second-order valence-electron chi connectivity index (χ2n) is 7.90. The molecule has 0 unspecified atom stereocenters. The summed E-state index contributed by atoms with van der Waals surface area (Å²) in [6.45, 7) is 5.15. The van der Waals surface area contributed by atoms with Gasteiger partial charge in [-0.15, -0.1) is 0 Å². The highest BCUT2D eigenvalue weighted by Crippen LogP contribution is 2.31. The Morgan fingerprint density at radius 1 is 1.17 bits per heavy atom. The lowest BCUT2D eigenvalue weighted by Crippen LogP contribution is -2.60. The Morgan fingerprint density at radius 3 is 2.41 bits per heavy atom. The summed E-state index contributed by atoms with van der Waals surface area (Å²) in [5.41, 5.74) is 2.72. The van der Waals surface area contributed by atoms with E-state index in [1.165, 1.54) is 5.56 Å². The number of pyridine rings is 1. The van der Waals surface area contributed by atoms with Crippen molar-refractivity contribution in [3.05, 3.63) is 47.1 Å². The molecule has 0 aliphatic carbocycles. The first kappa shape index (κ1) is 20.0. The average Bonchev–Trinajstić information content (AvgIpc) is 2.99. The minimum absolute atomic E-state index is 0.0813. The maximum Gasteiger partial charge on any atom is 0.227 e. The Kier molecular flexibility index (Phi) is 5.44. The Morgan fingerprint density at radius 2 is 1.83 bits per heavy atom. The van der Waals surface area contributed by atoms with Crippen molar-refractivity contribution in [1.82, 2.24) is 19.3 Å². The van der Waals surface area contributed by atoms with Gasteiger partial charge in [-0.1, -0.05) is 5.16 Å². The van der Waals surface area contributed by atoms with Crippen molar-refractivity contribution in [1.29, 1.82) is 0 Å². The van der Waals surface area contributed by atoms with Gasteiger partial charge in [-0.05, 0) is 50.3 Å². The van der Waals surface area contributed by atoms with Crippen molar-refractivity contribution in [2.24, 2.45) is 0 Å². The first-order valence-electron chi connectivity index (χ1n) is 9.94. The molecule has 8 nitrogen and oxygen atoms in total. The number of aryl methyl sites for hydroxylation is 2. The van der Waals surface area contributed by atoms with Crippen LogP contribution in [0.4, 0.5) is 0 Å². The summed E-state index contributed by atoms with van der Waals surface area (Å²) >= 11 is 0. The van der Waals surface area contributed by atoms with E-state index in [1.807, 2.05) is 12.1 Å². The SMILES string of the molecule is Cc1noc(C)c1CC(=O)N1CC(S(=O)(=O)N2CCC(c3ccncc3)CC2)C1. The molecule has 2 aromatic heterocycles. The van der Waals surface area contributed by atoms with E-state index in [-0.39, 0.29) is 25.4 Å². The molecule has 0 spiro atoms. The monoisotopic (exact) mass is 418 g/mol. The number of hydrogen-bond acceptors (Lipinski definition) is 6. The number of nitrogens with zero attached hydrogens (tertiary/aromatic N) is 4. The summed E-state index contributed by atoms with van der Waals surface area (Å²) in [7, 11) is -3.38. The number of hydrogen-bond donors (Lipinski definition) is 0. The van der Waals surface area contributed by atoms with Crippen LogP contribution in [-0.2, 0) is 21.2 Å². The molecule has 0 aromatic carbocycles. The van der Waals surface area contributed by atoms with Crippen LogP contribution in [0, 0.1) is 13.8 Å². The Balaban J connectivity index is 1.30. The molecule has 2 aliphatic rings. The van der Waals surface area contributed by atoms with Crippen LogP contribution < -0.4 is 0 Å². The van der Waals surface area contributed by atoms with Gasteiger partial charge in [0.15, 0.2) is 0 Å². The standard InChI is InChI=1S/C20H26N4O4S/c1-14-19(15(2)28-22-14)11-20(25)23-12-18(13-23)29(26,27)24-9-5-17(6-10-24)16-3-7-21-8-4-16/h3-4,7-8,17-18H,5-6,9-13H2,1-2H3. The van der Waals surface area contributed by atoms with Crippen LogP contribution in [0.1, 0.15) is 41.3 Å². The number of piperidine rings is 1. The number of likely N-dealkylation sites (tertiary alicyclic amines) is 1. The maximum atomic E-state index is 13.0. The van der Waals surface area contributed by atoms with Gasteiger partial charge < -0.3 is 9.42 Å². The molecule has 2 saturated heterocycles. The highest BCUT2D eigenvalue weighted by molar-refractivity contribution is 7.89. The third-order valence-electron chi connectivity index (χ3n) is 6.12. The minimum atomic E-state index is -3.38. The molecule has 4 rings (SSSR count). The van der Waals surface area contributed by atoms with Crippen LogP contribution in [-0.4, -0.2) is 65.1 Å². The van der Waals surface area contributed by atoms with Gasteiger partial charge >= 0.3 is 0 Å². The first-order chi connectivity index (χ1) is 13.9. The van der Waals surface area contributed by atoms with Crippen molar-refractivity contribution >= 4 is 15.9 Å². The second-order valence-corrected chi connectivity index (χ2v) is 10.1. The number of aromatic nitrogens is 2. The van der Waals surface area contributed by atoms with Crippen molar-refractivity contribution in [2.45, 2.75) is 44.3 Å². The predicted octanol–water partition coefficient (Wildman–Crippen LogP) is 1.65. The highest BCUT2D eigenvalue weighted by Gasteiger charge is 2.43. The lowest BCUT2D eigenvalue weighted by atomic mass is 9.91. The van der Waals surface area contributed by atoms with Crippen molar-refractivity contribution in [2.75, 3.05) is 26.2 Å². The molecular formula is C20H26N4O4S. The third kappa shape index (κ3) is 3.93. The molecule has 2 fully saturated rings. The summed E-state index contributed by atoms with van der Waals surface area (Å²) in [5, 5.41) is 3.36. The van der Waals surface area contributed by atoms with Crippen LogP contribution in [0.25, 0.3) is 0 Å². The predicted molar refractivity (Wildman–Crippen MR) is 107 cm³/mol. The molecule has 1 amide bonds. The topological polar surface area (TPSA) is 96.6 Å². The van der Waals surface area contributed by atoms with E-state index in [0.717, 1.165) is 18.4 Å². The molecule has 4 heterocycles. The van der Waals surface area contributed by atoms with Gasteiger partial charge in [-0.2, -0.15) is 0 Å².